The van der Waals surface area contributed by atoms with Crippen molar-refractivity contribution in [3.05, 3.63) is 41.1 Å². The van der Waals surface area contributed by atoms with Crippen molar-refractivity contribution in [3.8, 4) is 0 Å². The average Bonchev–Trinajstić information content (AvgIpc) is 2.43. The molecule has 0 saturated carbocycles. The number of hydrogen-bond donors (Lipinski definition) is 1. The van der Waals surface area contributed by atoms with Crippen molar-refractivity contribution in [2.75, 3.05) is 11.9 Å². The average molecular weight is 316 g/mol. The van der Waals surface area contributed by atoms with Gasteiger partial charge in [0.25, 0.3) is 0 Å². The van der Waals surface area contributed by atoms with Gasteiger partial charge in [0.1, 0.15) is 10.1 Å². The molecule has 0 atom stereocenters. The van der Waals surface area contributed by atoms with E-state index >= 15 is 0 Å². The molecule has 0 amide bonds. The summed E-state index contributed by atoms with van der Waals surface area (Å²) in [6.45, 7) is 2.50. The summed E-state index contributed by atoms with van der Waals surface area (Å²) >= 11 is 6.92. The number of hydrogen-bond acceptors (Lipinski definition) is 4. The first-order valence-electron chi connectivity index (χ1n) is 6.00. The minimum atomic E-state index is -0.740. The molecule has 2 aromatic rings. The molecule has 0 aliphatic heterocycles. The Labute approximate surface area is 124 Å². The molecule has 3 nitrogen and oxygen atoms in total. The van der Waals surface area contributed by atoms with Gasteiger partial charge in [-0.15, -0.1) is 0 Å². The van der Waals surface area contributed by atoms with Gasteiger partial charge in [0.15, 0.2) is 17.5 Å². The van der Waals surface area contributed by atoms with Crippen molar-refractivity contribution in [2.45, 2.75) is 23.4 Å². The van der Waals surface area contributed by atoms with Gasteiger partial charge in [-0.1, -0.05) is 18.5 Å². The normalized spacial score (nSPS) is 10.6. The Bertz CT molecular complexity index is 610. The van der Waals surface area contributed by atoms with E-state index in [1.165, 1.54) is 0 Å². The van der Waals surface area contributed by atoms with Crippen LogP contribution in [0.15, 0.2) is 34.4 Å². The first kappa shape index (κ1) is 15.0. The second-order valence-electron chi connectivity index (χ2n) is 3.92. The molecule has 106 valence electrons. The standard InChI is InChI=1S/C13H12ClF2N3S/c1-2-5-17-11-9(15)7-10(16)13(19-11)20-12-8(14)4-3-6-18-12/h3-4,6-7H,2,5H2,1H3,(H,17,19). The monoisotopic (exact) mass is 315 g/mol. The Morgan fingerprint density at radius 1 is 1.30 bits per heavy atom. The molecular weight excluding hydrogens is 304 g/mol. The molecule has 1 N–H and O–H groups in total. The number of pyridine rings is 2. The maximum atomic E-state index is 13.7. The van der Waals surface area contributed by atoms with Gasteiger partial charge in [-0.25, -0.2) is 18.7 Å². The molecule has 0 fully saturated rings. The second kappa shape index (κ2) is 6.85. The zero-order chi connectivity index (χ0) is 14.5. The van der Waals surface area contributed by atoms with Crippen molar-refractivity contribution in [1.29, 1.82) is 0 Å². The van der Waals surface area contributed by atoms with E-state index in [9.17, 15) is 8.78 Å². The Kier molecular flexibility index (Phi) is 5.14. The molecule has 0 saturated heterocycles. The summed E-state index contributed by atoms with van der Waals surface area (Å²) < 4.78 is 27.3. The van der Waals surface area contributed by atoms with Crippen LogP contribution in [0, 0.1) is 11.6 Å². The van der Waals surface area contributed by atoms with Crippen molar-refractivity contribution in [3.63, 3.8) is 0 Å². The predicted molar refractivity (Wildman–Crippen MR) is 76.3 cm³/mol. The third-order valence-corrected chi connectivity index (χ3v) is 3.77. The SMILES string of the molecule is CCCNc1nc(Sc2ncccc2Cl)c(F)cc1F. The van der Waals surface area contributed by atoms with E-state index in [0.29, 0.717) is 16.6 Å². The highest BCUT2D eigenvalue weighted by atomic mass is 35.5. The van der Waals surface area contributed by atoms with Crippen LogP contribution in [0.3, 0.4) is 0 Å². The number of anilines is 1. The molecule has 2 heterocycles. The Hall–Kier alpha value is -1.40. The largest absolute Gasteiger partial charge is 0.368 e. The van der Waals surface area contributed by atoms with E-state index < -0.39 is 11.6 Å². The lowest BCUT2D eigenvalue weighted by molar-refractivity contribution is 0.551. The minimum absolute atomic E-state index is 0.0304. The lowest BCUT2D eigenvalue weighted by atomic mass is 10.4. The molecule has 0 aromatic carbocycles. The third kappa shape index (κ3) is 3.58. The number of rotatable bonds is 5. The highest BCUT2D eigenvalue weighted by Crippen LogP contribution is 2.32. The second-order valence-corrected chi connectivity index (χ2v) is 5.31. The third-order valence-electron chi connectivity index (χ3n) is 2.36. The maximum Gasteiger partial charge on any atom is 0.168 e. The van der Waals surface area contributed by atoms with Gasteiger partial charge in [0.2, 0.25) is 0 Å². The van der Waals surface area contributed by atoms with Crippen molar-refractivity contribution < 1.29 is 8.78 Å². The molecule has 0 radical (unpaired) electrons. The van der Waals surface area contributed by atoms with Crippen molar-refractivity contribution in [2.24, 2.45) is 0 Å². The molecule has 2 aromatic heterocycles. The zero-order valence-electron chi connectivity index (χ0n) is 10.7. The van der Waals surface area contributed by atoms with E-state index in [1.807, 2.05) is 6.92 Å². The van der Waals surface area contributed by atoms with Crippen LogP contribution in [0.4, 0.5) is 14.6 Å². The number of aromatic nitrogens is 2. The molecule has 0 unspecified atom stereocenters. The van der Waals surface area contributed by atoms with E-state index in [4.69, 9.17) is 11.6 Å². The van der Waals surface area contributed by atoms with Crippen molar-refractivity contribution >= 4 is 29.2 Å². The molecule has 7 heteroatoms. The van der Waals surface area contributed by atoms with Crippen LogP contribution in [0.2, 0.25) is 5.02 Å². The fraction of sp³-hybridized carbons (Fsp3) is 0.231. The van der Waals surface area contributed by atoms with E-state index in [-0.39, 0.29) is 10.8 Å². The summed E-state index contributed by atoms with van der Waals surface area (Å²) in [5.74, 6) is -1.42. The predicted octanol–water partition coefficient (Wildman–Crippen LogP) is 4.38. The minimum Gasteiger partial charge on any atom is -0.368 e. The quantitative estimate of drug-likeness (QED) is 0.888. The molecule has 20 heavy (non-hydrogen) atoms. The van der Waals surface area contributed by atoms with Crippen LogP contribution >= 0.6 is 23.4 Å². The summed E-state index contributed by atoms with van der Waals surface area (Å²) in [5.41, 5.74) is 0. The molecule has 0 aliphatic carbocycles. The zero-order valence-corrected chi connectivity index (χ0v) is 12.2. The molecule has 0 spiro atoms. The highest BCUT2D eigenvalue weighted by Gasteiger charge is 2.14. The Balaban J connectivity index is 2.29. The van der Waals surface area contributed by atoms with Gasteiger partial charge in [0, 0.05) is 18.8 Å². The van der Waals surface area contributed by atoms with Crippen LogP contribution in [0.5, 0.6) is 0 Å². The first-order chi connectivity index (χ1) is 9.61. The van der Waals surface area contributed by atoms with Crippen LogP contribution in [0.25, 0.3) is 0 Å². The molecule has 2 rings (SSSR count). The number of halogens is 3. The molecular formula is C13H12ClF2N3S. The summed E-state index contributed by atoms with van der Waals surface area (Å²) in [6.07, 6.45) is 2.36. The highest BCUT2D eigenvalue weighted by molar-refractivity contribution is 7.99. The van der Waals surface area contributed by atoms with Gasteiger partial charge in [0.05, 0.1) is 5.02 Å². The van der Waals surface area contributed by atoms with Crippen LogP contribution < -0.4 is 5.32 Å². The van der Waals surface area contributed by atoms with E-state index in [0.717, 1.165) is 24.2 Å². The van der Waals surface area contributed by atoms with Crippen molar-refractivity contribution in [1.82, 2.24) is 9.97 Å². The topological polar surface area (TPSA) is 37.8 Å². The fourth-order valence-electron chi connectivity index (χ4n) is 1.43. The Morgan fingerprint density at radius 2 is 2.10 bits per heavy atom. The van der Waals surface area contributed by atoms with Crippen LogP contribution in [-0.4, -0.2) is 16.5 Å². The van der Waals surface area contributed by atoms with Gasteiger partial charge in [-0.05, 0) is 30.3 Å². The van der Waals surface area contributed by atoms with Gasteiger partial charge < -0.3 is 5.32 Å². The summed E-state index contributed by atoms with van der Waals surface area (Å²) in [7, 11) is 0. The first-order valence-corrected chi connectivity index (χ1v) is 7.19. The summed E-state index contributed by atoms with van der Waals surface area (Å²) in [6, 6.07) is 4.13. The smallest absolute Gasteiger partial charge is 0.168 e. The lowest BCUT2D eigenvalue weighted by Crippen LogP contribution is -2.06. The van der Waals surface area contributed by atoms with E-state index in [2.05, 4.69) is 15.3 Å². The van der Waals surface area contributed by atoms with Gasteiger partial charge in [-0.3, -0.25) is 0 Å². The lowest BCUT2D eigenvalue weighted by Gasteiger charge is -2.09. The van der Waals surface area contributed by atoms with Gasteiger partial charge in [-0.2, -0.15) is 0 Å². The number of nitrogens with zero attached hydrogens (tertiary/aromatic N) is 2. The Morgan fingerprint density at radius 3 is 2.80 bits per heavy atom. The van der Waals surface area contributed by atoms with Gasteiger partial charge >= 0.3 is 0 Å². The fourth-order valence-corrected chi connectivity index (χ4v) is 2.42. The molecule has 0 bridgehead atoms. The molecule has 0 aliphatic rings. The summed E-state index contributed by atoms with van der Waals surface area (Å²) in [4.78, 5) is 7.99. The summed E-state index contributed by atoms with van der Waals surface area (Å²) in [5, 5.41) is 3.66. The maximum absolute atomic E-state index is 13.7. The number of nitrogens with one attached hydrogen (secondary N) is 1. The van der Waals surface area contributed by atoms with Crippen LogP contribution in [0.1, 0.15) is 13.3 Å². The van der Waals surface area contributed by atoms with Crippen LogP contribution in [-0.2, 0) is 0 Å². The van der Waals surface area contributed by atoms with E-state index in [1.54, 1.807) is 18.3 Å².